The Kier molecular flexibility index (Phi) is 6.79. The topological polar surface area (TPSA) is 54.4 Å². The number of phenols is 1. The summed E-state index contributed by atoms with van der Waals surface area (Å²) in [7, 11) is -7.32. The first-order valence-electron chi connectivity index (χ1n) is 11.8. The van der Waals surface area contributed by atoms with Crippen molar-refractivity contribution in [3.05, 3.63) is 151 Å². The van der Waals surface area contributed by atoms with Crippen LogP contribution in [0.5, 0.6) is 5.75 Å². The summed E-state index contributed by atoms with van der Waals surface area (Å²) < 4.78 is 31.6. The van der Waals surface area contributed by atoms with Gasteiger partial charge in [0.2, 0.25) is 0 Å². The van der Waals surface area contributed by atoms with E-state index in [4.69, 9.17) is 0 Å². The summed E-state index contributed by atoms with van der Waals surface area (Å²) in [5.74, 6) is -0.0262. The number of hydrogen-bond donors (Lipinski definition) is 1. The van der Waals surface area contributed by atoms with E-state index in [1.807, 2.05) is 121 Å². The first-order chi connectivity index (χ1) is 17.6. The minimum absolute atomic E-state index is 0.0262. The van der Waals surface area contributed by atoms with Gasteiger partial charge in [0, 0.05) is 26.8 Å². The molecular weight excluding hydrogens is 482 g/mol. The maximum absolute atomic E-state index is 15.8. The third kappa shape index (κ3) is 4.16. The van der Waals surface area contributed by atoms with Gasteiger partial charge in [0.25, 0.3) is 0 Å². The molecule has 5 aromatic carbocycles. The maximum Gasteiger partial charge on any atom is 0.158 e. The van der Waals surface area contributed by atoms with Crippen molar-refractivity contribution in [3.63, 3.8) is 0 Å². The van der Waals surface area contributed by atoms with E-state index in [-0.39, 0.29) is 5.75 Å². The highest BCUT2D eigenvalue weighted by Gasteiger charge is 2.51. The quantitative estimate of drug-likeness (QED) is 0.258. The standard InChI is InChI=1S/C31H26O3P2/c32-30-24-14-13-23-29(30)31(35(33,25-15-5-1-6-16-25)26-17-7-2-8-18-26)36(34,27-19-9-3-10-20-27)28-21-11-4-12-22-28/h1-24,31-32H. The van der Waals surface area contributed by atoms with Crippen LogP contribution < -0.4 is 21.2 Å². The number of phenolic OH excluding ortho intramolecular Hbond substituents is 1. The van der Waals surface area contributed by atoms with Crippen molar-refractivity contribution in [2.45, 2.75) is 5.40 Å². The molecule has 5 heteroatoms. The van der Waals surface area contributed by atoms with Gasteiger partial charge in [0.15, 0.2) is 14.3 Å². The minimum Gasteiger partial charge on any atom is -0.508 e. The van der Waals surface area contributed by atoms with E-state index >= 15 is 9.13 Å². The summed E-state index contributed by atoms with van der Waals surface area (Å²) in [6.07, 6.45) is 0. The lowest BCUT2D eigenvalue weighted by atomic mass is 10.2. The molecule has 0 aliphatic rings. The van der Waals surface area contributed by atoms with Crippen molar-refractivity contribution in [1.29, 1.82) is 0 Å². The zero-order chi connectivity index (χ0) is 25.0. The zero-order valence-electron chi connectivity index (χ0n) is 19.6. The largest absolute Gasteiger partial charge is 0.508 e. The Balaban J connectivity index is 1.95. The molecule has 0 heterocycles. The first kappa shape index (κ1) is 24.1. The normalized spacial score (nSPS) is 11.9. The Labute approximate surface area is 211 Å². The summed E-state index contributed by atoms with van der Waals surface area (Å²) in [5.41, 5.74) is 0.407. The fourth-order valence-corrected chi connectivity index (χ4v) is 13.6. The van der Waals surface area contributed by atoms with Gasteiger partial charge in [-0.05, 0) is 6.07 Å². The van der Waals surface area contributed by atoms with E-state index < -0.39 is 19.7 Å². The Morgan fingerprint density at radius 3 is 1.00 bits per heavy atom. The second-order valence-corrected chi connectivity index (χ2v) is 14.7. The van der Waals surface area contributed by atoms with Gasteiger partial charge in [-0.1, -0.05) is 140 Å². The predicted molar refractivity (Wildman–Crippen MR) is 150 cm³/mol. The van der Waals surface area contributed by atoms with Crippen molar-refractivity contribution in [1.82, 2.24) is 0 Å². The molecule has 0 spiro atoms. The third-order valence-electron chi connectivity index (χ3n) is 6.46. The van der Waals surface area contributed by atoms with Crippen LogP contribution in [0.2, 0.25) is 0 Å². The van der Waals surface area contributed by atoms with Crippen LogP contribution in [-0.2, 0) is 9.13 Å². The number of rotatable bonds is 7. The van der Waals surface area contributed by atoms with E-state index in [0.29, 0.717) is 26.8 Å². The van der Waals surface area contributed by atoms with Gasteiger partial charge in [0.1, 0.15) is 11.1 Å². The van der Waals surface area contributed by atoms with Gasteiger partial charge in [-0.25, -0.2) is 0 Å². The average molecular weight is 508 g/mol. The molecule has 0 atom stereocenters. The Morgan fingerprint density at radius 1 is 0.417 bits per heavy atom. The van der Waals surface area contributed by atoms with Crippen LogP contribution in [0.3, 0.4) is 0 Å². The minimum atomic E-state index is -3.66. The van der Waals surface area contributed by atoms with Gasteiger partial charge < -0.3 is 14.2 Å². The molecule has 0 radical (unpaired) electrons. The third-order valence-corrected chi connectivity index (χ3v) is 14.6. The second-order valence-electron chi connectivity index (χ2n) is 8.59. The summed E-state index contributed by atoms with van der Waals surface area (Å²) in [6, 6.07) is 43.8. The predicted octanol–water partition coefficient (Wildman–Crippen LogP) is 6.42. The van der Waals surface area contributed by atoms with Crippen LogP contribution in [-0.4, -0.2) is 5.11 Å². The maximum atomic E-state index is 15.8. The van der Waals surface area contributed by atoms with Crippen molar-refractivity contribution in [2.24, 2.45) is 0 Å². The monoisotopic (exact) mass is 508 g/mol. The molecule has 36 heavy (non-hydrogen) atoms. The Bertz CT molecular complexity index is 1350. The lowest BCUT2D eigenvalue weighted by molar-refractivity contribution is 0.469. The highest BCUT2D eigenvalue weighted by Crippen LogP contribution is 2.75. The van der Waals surface area contributed by atoms with E-state index in [1.165, 1.54) is 0 Å². The zero-order valence-corrected chi connectivity index (χ0v) is 21.4. The van der Waals surface area contributed by atoms with Crippen LogP contribution >= 0.6 is 14.3 Å². The molecule has 178 valence electrons. The van der Waals surface area contributed by atoms with Gasteiger partial charge in [-0.2, -0.15) is 0 Å². The number of para-hydroxylation sites is 1. The highest BCUT2D eigenvalue weighted by molar-refractivity contribution is 7.94. The summed E-state index contributed by atoms with van der Waals surface area (Å²) in [4.78, 5) is 0. The first-order valence-corrected chi connectivity index (χ1v) is 15.3. The molecule has 0 fully saturated rings. The lowest BCUT2D eigenvalue weighted by Gasteiger charge is -2.36. The molecule has 0 amide bonds. The molecule has 0 aliphatic heterocycles. The molecule has 0 unspecified atom stereocenters. The Hall–Kier alpha value is -3.64. The van der Waals surface area contributed by atoms with Gasteiger partial charge in [0.05, 0.1) is 0 Å². The van der Waals surface area contributed by atoms with Crippen molar-refractivity contribution in [2.75, 3.05) is 0 Å². The molecular formula is C31H26O3P2. The molecule has 0 bridgehead atoms. The molecule has 5 aromatic rings. The SMILES string of the molecule is O=P(c1ccccc1)(c1ccccc1)C(c1ccccc1O)P(=O)(c1ccccc1)c1ccccc1. The molecule has 1 N–H and O–H groups in total. The van der Waals surface area contributed by atoms with Crippen molar-refractivity contribution >= 4 is 35.5 Å². The summed E-state index contributed by atoms with van der Waals surface area (Å²) in [5, 5.41) is 12.5. The van der Waals surface area contributed by atoms with E-state index in [2.05, 4.69) is 0 Å². The van der Waals surface area contributed by atoms with Crippen LogP contribution in [0.1, 0.15) is 11.0 Å². The van der Waals surface area contributed by atoms with Crippen molar-refractivity contribution in [3.8, 4) is 5.75 Å². The van der Waals surface area contributed by atoms with Crippen LogP contribution in [0.15, 0.2) is 146 Å². The van der Waals surface area contributed by atoms with Gasteiger partial charge in [-0.15, -0.1) is 0 Å². The summed E-state index contributed by atoms with van der Waals surface area (Å²) >= 11 is 0. The molecule has 0 saturated heterocycles. The van der Waals surface area contributed by atoms with Crippen LogP contribution in [0, 0.1) is 0 Å². The Morgan fingerprint density at radius 2 is 0.694 bits per heavy atom. The molecule has 0 saturated carbocycles. The van der Waals surface area contributed by atoms with Gasteiger partial charge >= 0.3 is 0 Å². The van der Waals surface area contributed by atoms with Gasteiger partial charge in [-0.3, -0.25) is 0 Å². The second kappa shape index (κ2) is 10.2. The molecule has 0 aliphatic carbocycles. The molecule has 5 rings (SSSR count). The number of aromatic hydroxyl groups is 1. The fourth-order valence-electron chi connectivity index (χ4n) is 4.79. The highest BCUT2D eigenvalue weighted by atomic mass is 31.2. The van der Waals surface area contributed by atoms with Crippen LogP contribution in [0.4, 0.5) is 0 Å². The molecule has 0 aromatic heterocycles. The number of hydrogen-bond acceptors (Lipinski definition) is 3. The van der Waals surface area contributed by atoms with Crippen LogP contribution in [0.25, 0.3) is 0 Å². The smallest absolute Gasteiger partial charge is 0.158 e. The number of benzene rings is 5. The fraction of sp³-hybridized carbons (Fsp3) is 0.0323. The molecule has 3 nitrogen and oxygen atoms in total. The van der Waals surface area contributed by atoms with E-state index in [9.17, 15) is 5.11 Å². The van der Waals surface area contributed by atoms with E-state index in [1.54, 1.807) is 24.3 Å². The summed E-state index contributed by atoms with van der Waals surface area (Å²) in [6.45, 7) is 0. The van der Waals surface area contributed by atoms with E-state index in [0.717, 1.165) is 0 Å². The lowest BCUT2D eigenvalue weighted by Crippen LogP contribution is -2.28. The van der Waals surface area contributed by atoms with Crippen molar-refractivity contribution < 1.29 is 14.2 Å². The average Bonchev–Trinajstić information content (AvgIpc) is 2.96.